The fourth-order valence-corrected chi connectivity index (χ4v) is 2.33. The van der Waals surface area contributed by atoms with Gasteiger partial charge in [0.2, 0.25) is 0 Å². The number of halogens is 1. The van der Waals surface area contributed by atoms with Crippen molar-refractivity contribution in [2.24, 2.45) is 0 Å². The number of hydrogen-bond donors (Lipinski definition) is 1. The number of benzene rings is 2. The molecule has 4 heteroatoms. The molecule has 0 aliphatic carbocycles. The van der Waals surface area contributed by atoms with Gasteiger partial charge in [0.05, 0.1) is 7.11 Å². The van der Waals surface area contributed by atoms with E-state index in [4.69, 9.17) is 9.47 Å². The molecule has 0 aromatic heterocycles. The predicted molar refractivity (Wildman–Crippen MR) is 86.4 cm³/mol. The number of hydrogen-bond acceptors (Lipinski definition) is 3. The van der Waals surface area contributed by atoms with Gasteiger partial charge < -0.3 is 14.8 Å². The van der Waals surface area contributed by atoms with E-state index in [0.717, 1.165) is 23.6 Å². The average Bonchev–Trinajstić information content (AvgIpc) is 2.45. The van der Waals surface area contributed by atoms with Crippen molar-refractivity contribution < 1.29 is 9.47 Å². The summed E-state index contributed by atoms with van der Waals surface area (Å²) < 4.78 is 11.3. The van der Waals surface area contributed by atoms with Crippen molar-refractivity contribution in [3.8, 4) is 11.5 Å². The molecule has 1 aliphatic rings. The van der Waals surface area contributed by atoms with Gasteiger partial charge in [-0.1, -0.05) is 36.4 Å². The highest BCUT2D eigenvalue weighted by molar-refractivity contribution is 5.85. The zero-order valence-corrected chi connectivity index (χ0v) is 12.9. The van der Waals surface area contributed by atoms with Crippen molar-refractivity contribution in [3.05, 3.63) is 59.7 Å². The van der Waals surface area contributed by atoms with Crippen LogP contribution in [0.4, 0.5) is 0 Å². The molecule has 0 amide bonds. The van der Waals surface area contributed by atoms with Gasteiger partial charge in [-0.3, -0.25) is 0 Å². The number of methoxy groups -OCH3 is 1. The number of rotatable bonds is 5. The first-order chi connectivity index (χ1) is 9.86. The molecule has 1 atom stereocenters. The quantitative estimate of drug-likeness (QED) is 0.913. The van der Waals surface area contributed by atoms with E-state index in [1.165, 1.54) is 12.0 Å². The summed E-state index contributed by atoms with van der Waals surface area (Å²) in [5, 5.41) is 3.39. The van der Waals surface area contributed by atoms with Crippen LogP contribution in [0.2, 0.25) is 0 Å². The van der Waals surface area contributed by atoms with Crippen molar-refractivity contribution in [1.29, 1.82) is 0 Å². The summed E-state index contributed by atoms with van der Waals surface area (Å²) in [7, 11) is 1.68. The van der Waals surface area contributed by atoms with Gasteiger partial charge in [-0.05, 0) is 36.2 Å². The van der Waals surface area contributed by atoms with Crippen molar-refractivity contribution in [2.45, 2.75) is 19.1 Å². The van der Waals surface area contributed by atoms with Gasteiger partial charge in [-0.15, -0.1) is 12.4 Å². The highest BCUT2D eigenvalue weighted by Gasteiger charge is 2.19. The SMILES string of the molecule is COc1cc([C@H]2CCN2)ccc1OCc1ccccc1.Cl. The van der Waals surface area contributed by atoms with Crippen LogP contribution in [0.1, 0.15) is 23.6 Å². The molecule has 3 nitrogen and oxygen atoms in total. The molecule has 0 radical (unpaired) electrons. The normalized spacial score (nSPS) is 16.5. The first kappa shape index (κ1) is 15.7. The Bertz CT molecular complexity index is 570. The number of ether oxygens (including phenoxy) is 2. The van der Waals surface area contributed by atoms with Crippen LogP contribution in [0, 0.1) is 0 Å². The molecule has 0 unspecified atom stereocenters. The molecule has 3 rings (SSSR count). The maximum absolute atomic E-state index is 5.86. The van der Waals surface area contributed by atoms with Gasteiger partial charge in [0.15, 0.2) is 11.5 Å². The van der Waals surface area contributed by atoms with E-state index < -0.39 is 0 Å². The molecular weight excluding hydrogens is 286 g/mol. The summed E-state index contributed by atoms with van der Waals surface area (Å²) in [5.74, 6) is 1.59. The van der Waals surface area contributed by atoms with Gasteiger partial charge in [0.1, 0.15) is 6.61 Å². The monoisotopic (exact) mass is 305 g/mol. The smallest absolute Gasteiger partial charge is 0.161 e. The fourth-order valence-electron chi connectivity index (χ4n) is 2.33. The lowest BCUT2D eigenvalue weighted by atomic mass is 9.98. The average molecular weight is 306 g/mol. The molecular formula is C17H20ClNO2. The highest BCUT2D eigenvalue weighted by atomic mass is 35.5. The van der Waals surface area contributed by atoms with Gasteiger partial charge in [-0.25, -0.2) is 0 Å². The van der Waals surface area contributed by atoms with E-state index in [0.29, 0.717) is 12.6 Å². The Labute approximate surface area is 131 Å². The summed E-state index contributed by atoms with van der Waals surface area (Å²) in [6.45, 7) is 1.65. The van der Waals surface area contributed by atoms with Crippen molar-refractivity contribution in [2.75, 3.05) is 13.7 Å². The van der Waals surface area contributed by atoms with E-state index in [2.05, 4.69) is 29.6 Å². The topological polar surface area (TPSA) is 30.5 Å². The Balaban J connectivity index is 0.00000161. The molecule has 1 heterocycles. The van der Waals surface area contributed by atoms with Crippen LogP contribution in [0.15, 0.2) is 48.5 Å². The lowest BCUT2D eigenvalue weighted by Gasteiger charge is -2.28. The minimum atomic E-state index is 0. The zero-order valence-electron chi connectivity index (χ0n) is 12.0. The first-order valence-corrected chi connectivity index (χ1v) is 6.95. The minimum Gasteiger partial charge on any atom is -0.493 e. The van der Waals surface area contributed by atoms with E-state index in [-0.39, 0.29) is 12.4 Å². The predicted octanol–water partition coefficient (Wildman–Crippen LogP) is 3.73. The largest absolute Gasteiger partial charge is 0.493 e. The highest BCUT2D eigenvalue weighted by Crippen LogP contribution is 2.33. The lowest BCUT2D eigenvalue weighted by molar-refractivity contribution is 0.283. The summed E-state index contributed by atoms with van der Waals surface area (Å²) >= 11 is 0. The molecule has 0 spiro atoms. The molecule has 1 fully saturated rings. The maximum atomic E-state index is 5.86. The van der Waals surface area contributed by atoms with Gasteiger partial charge in [-0.2, -0.15) is 0 Å². The summed E-state index contributed by atoms with van der Waals surface area (Å²) in [6.07, 6.45) is 1.19. The molecule has 0 saturated carbocycles. The van der Waals surface area contributed by atoms with Gasteiger partial charge in [0, 0.05) is 6.04 Å². The molecule has 112 valence electrons. The van der Waals surface area contributed by atoms with Crippen molar-refractivity contribution in [1.82, 2.24) is 5.32 Å². The van der Waals surface area contributed by atoms with Crippen LogP contribution in [0.25, 0.3) is 0 Å². The second kappa shape index (κ2) is 7.34. The lowest BCUT2D eigenvalue weighted by Crippen LogP contribution is -2.34. The second-order valence-electron chi connectivity index (χ2n) is 4.98. The van der Waals surface area contributed by atoms with Gasteiger partial charge in [0.25, 0.3) is 0 Å². The third-order valence-corrected chi connectivity index (χ3v) is 3.65. The minimum absolute atomic E-state index is 0. The summed E-state index contributed by atoms with van der Waals surface area (Å²) in [5.41, 5.74) is 2.42. The van der Waals surface area contributed by atoms with Crippen LogP contribution < -0.4 is 14.8 Å². The van der Waals surface area contributed by atoms with E-state index in [1.54, 1.807) is 7.11 Å². The van der Waals surface area contributed by atoms with E-state index in [1.807, 2.05) is 24.3 Å². The Hall–Kier alpha value is -1.71. The van der Waals surface area contributed by atoms with E-state index in [9.17, 15) is 0 Å². The van der Waals surface area contributed by atoms with Crippen LogP contribution in [0.5, 0.6) is 11.5 Å². The molecule has 0 bridgehead atoms. The molecule has 21 heavy (non-hydrogen) atoms. The van der Waals surface area contributed by atoms with Crippen molar-refractivity contribution in [3.63, 3.8) is 0 Å². The standard InChI is InChI=1S/C17H19NO2.ClH/c1-19-17-11-14(15-9-10-18-15)7-8-16(17)20-12-13-5-3-2-4-6-13;/h2-8,11,15,18H,9-10,12H2,1H3;1H/t15-;/m1./s1. The third-order valence-electron chi connectivity index (χ3n) is 3.65. The van der Waals surface area contributed by atoms with Crippen LogP contribution in [-0.2, 0) is 6.61 Å². The van der Waals surface area contributed by atoms with Crippen molar-refractivity contribution >= 4 is 12.4 Å². The second-order valence-corrected chi connectivity index (χ2v) is 4.98. The Morgan fingerprint density at radius 1 is 1.10 bits per heavy atom. The van der Waals surface area contributed by atoms with Gasteiger partial charge >= 0.3 is 0 Å². The van der Waals surface area contributed by atoms with Crippen LogP contribution in [-0.4, -0.2) is 13.7 Å². The molecule has 2 aromatic rings. The van der Waals surface area contributed by atoms with Crippen LogP contribution in [0.3, 0.4) is 0 Å². The van der Waals surface area contributed by atoms with E-state index >= 15 is 0 Å². The third kappa shape index (κ3) is 3.69. The maximum Gasteiger partial charge on any atom is 0.161 e. The Morgan fingerprint density at radius 2 is 1.86 bits per heavy atom. The first-order valence-electron chi connectivity index (χ1n) is 6.95. The van der Waals surface area contributed by atoms with Crippen LogP contribution >= 0.6 is 12.4 Å². The summed E-state index contributed by atoms with van der Waals surface area (Å²) in [4.78, 5) is 0. The zero-order chi connectivity index (χ0) is 13.8. The molecule has 1 N–H and O–H groups in total. The fraction of sp³-hybridized carbons (Fsp3) is 0.294. The number of nitrogens with one attached hydrogen (secondary N) is 1. The Morgan fingerprint density at radius 3 is 2.48 bits per heavy atom. The molecule has 1 aliphatic heterocycles. The Kier molecular flexibility index (Phi) is 5.48. The summed E-state index contributed by atoms with van der Waals surface area (Å²) in [6, 6.07) is 16.8. The molecule has 2 aromatic carbocycles. The molecule has 1 saturated heterocycles.